The van der Waals surface area contributed by atoms with Gasteiger partial charge in [0.25, 0.3) is 0 Å². The highest BCUT2D eigenvalue weighted by Crippen LogP contribution is 2.20. The summed E-state index contributed by atoms with van der Waals surface area (Å²) in [6.45, 7) is 9.16. The van der Waals surface area contributed by atoms with E-state index in [0.29, 0.717) is 0 Å². The van der Waals surface area contributed by atoms with Gasteiger partial charge in [-0.1, -0.05) is 0 Å². The largest absolute Gasteiger partial charge is 0.458 e. The van der Waals surface area contributed by atoms with Crippen LogP contribution in [0.5, 0.6) is 0 Å². The first-order valence-electron chi connectivity index (χ1n) is 6.62. The summed E-state index contributed by atoms with van der Waals surface area (Å²) in [5, 5.41) is 10.7. The third-order valence-electron chi connectivity index (χ3n) is 2.49. The number of aromatic nitrogens is 4. The maximum Gasteiger partial charge on any atom is 0.334 e. The fourth-order valence-electron chi connectivity index (χ4n) is 1.35. The minimum Gasteiger partial charge on any atom is -0.458 e. The van der Waals surface area contributed by atoms with Crippen molar-refractivity contribution in [1.29, 1.82) is 0 Å². The molecule has 6 nitrogen and oxygen atoms in total. The molecule has 0 fully saturated rings. The smallest absolute Gasteiger partial charge is 0.334 e. The van der Waals surface area contributed by atoms with Crippen molar-refractivity contribution in [1.82, 2.24) is 20.0 Å². The summed E-state index contributed by atoms with van der Waals surface area (Å²) in [5.74, 6) is -0.278. The van der Waals surface area contributed by atoms with Gasteiger partial charge in [-0.05, 0) is 91.9 Å². The molecule has 0 aliphatic heterocycles. The minimum absolute atomic E-state index is 0.278. The van der Waals surface area contributed by atoms with Gasteiger partial charge in [-0.15, -0.1) is 0 Å². The van der Waals surface area contributed by atoms with Crippen LogP contribution in [0.2, 0.25) is 0 Å². The standard InChI is InChI=1S/C11H17IN2O2.C3H3IN2/c1-10(2,3)16-9(15)11(4,5)14-7-6-8(12)13-14;4-3-1-2-5-6-3/h6-7H,1-5H3;1-2H,(H,5,6). The number of hydrogen-bond acceptors (Lipinski definition) is 4. The maximum absolute atomic E-state index is 12.0. The number of rotatable bonds is 2. The molecule has 2 aromatic heterocycles. The molecule has 1 N–H and O–H groups in total. The van der Waals surface area contributed by atoms with Crippen LogP contribution in [-0.2, 0) is 15.1 Å². The molecule has 0 bridgehead atoms. The predicted octanol–water partition coefficient (Wildman–Crippen LogP) is 3.58. The minimum atomic E-state index is -0.781. The Morgan fingerprint density at radius 1 is 1.23 bits per heavy atom. The summed E-state index contributed by atoms with van der Waals surface area (Å²) in [4.78, 5) is 12.0. The molecule has 0 aromatic carbocycles. The van der Waals surface area contributed by atoms with Crippen LogP contribution < -0.4 is 0 Å². The second-order valence-corrected chi connectivity index (χ2v) is 8.32. The van der Waals surface area contributed by atoms with Gasteiger partial charge in [0.1, 0.15) is 9.30 Å². The lowest BCUT2D eigenvalue weighted by atomic mass is 10.1. The SMILES string of the molecule is CC(C)(C)OC(=O)C(C)(C)n1ccc(I)n1.Ic1ccn[nH]1. The first kappa shape index (κ1) is 19.4. The fourth-order valence-corrected chi connectivity index (χ4v) is 2.04. The van der Waals surface area contributed by atoms with E-state index in [-0.39, 0.29) is 5.97 Å². The van der Waals surface area contributed by atoms with Crippen molar-refractivity contribution >= 4 is 51.2 Å². The van der Waals surface area contributed by atoms with E-state index in [9.17, 15) is 4.79 Å². The van der Waals surface area contributed by atoms with Crippen molar-refractivity contribution < 1.29 is 9.53 Å². The number of nitrogens with zero attached hydrogens (tertiary/aromatic N) is 3. The van der Waals surface area contributed by atoms with Crippen LogP contribution in [-0.4, -0.2) is 31.5 Å². The molecule has 0 radical (unpaired) electrons. The molecule has 0 aliphatic carbocycles. The molecular weight excluding hydrogens is 510 g/mol. The van der Waals surface area contributed by atoms with Gasteiger partial charge in [-0.25, -0.2) is 4.79 Å². The van der Waals surface area contributed by atoms with Crippen LogP contribution in [0.4, 0.5) is 0 Å². The second kappa shape index (κ2) is 7.75. The molecule has 0 saturated carbocycles. The first-order valence-corrected chi connectivity index (χ1v) is 8.78. The van der Waals surface area contributed by atoms with E-state index < -0.39 is 11.1 Å². The molecule has 2 aromatic rings. The van der Waals surface area contributed by atoms with E-state index in [1.54, 1.807) is 30.9 Å². The molecular formula is C14H20I2N4O2. The average Bonchev–Trinajstić information content (AvgIpc) is 2.99. The number of ether oxygens (including phenoxy) is 1. The molecule has 122 valence electrons. The van der Waals surface area contributed by atoms with E-state index in [0.717, 1.165) is 7.40 Å². The van der Waals surface area contributed by atoms with Crippen LogP contribution in [0.1, 0.15) is 34.6 Å². The van der Waals surface area contributed by atoms with Gasteiger partial charge in [0, 0.05) is 12.4 Å². The van der Waals surface area contributed by atoms with E-state index in [1.165, 1.54) is 0 Å². The van der Waals surface area contributed by atoms with Gasteiger partial charge in [0.15, 0.2) is 5.54 Å². The molecule has 22 heavy (non-hydrogen) atoms. The lowest BCUT2D eigenvalue weighted by Crippen LogP contribution is -2.41. The van der Waals surface area contributed by atoms with Gasteiger partial charge < -0.3 is 4.74 Å². The summed E-state index contributed by atoms with van der Waals surface area (Å²) in [6.07, 6.45) is 3.51. The molecule has 2 rings (SSSR count). The Bertz CT molecular complexity index is 601. The van der Waals surface area contributed by atoms with Gasteiger partial charge in [0.05, 0.1) is 3.70 Å². The van der Waals surface area contributed by atoms with Crippen LogP contribution >= 0.6 is 45.2 Å². The normalized spacial score (nSPS) is 11.6. The van der Waals surface area contributed by atoms with E-state index in [2.05, 4.69) is 60.5 Å². The summed E-state index contributed by atoms with van der Waals surface area (Å²) in [6, 6.07) is 3.76. The molecule has 0 atom stereocenters. The Balaban J connectivity index is 0.000000335. The van der Waals surface area contributed by atoms with Crippen LogP contribution in [0.3, 0.4) is 0 Å². The van der Waals surface area contributed by atoms with Gasteiger partial charge in [-0.3, -0.25) is 9.78 Å². The number of nitrogens with one attached hydrogen (secondary N) is 1. The first-order chi connectivity index (χ1) is 10.0. The lowest BCUT2D eigenvalue weighted by Gasteiger charge is -2.28. The lowest BCUT2D eigenvalue weighted by molar-refractivity contribution is -0.164. The number of hydrogen-bond donors (Lipinski definition) is 1. The number of carbonyl (C=O) groups excluding carboxylic acids is 1. The zero-order valence-corrected chi connectivity index (χ0v) is 17.5. The Morgan fingerprint density at radius 2 is 1.86 bits per heavy atom. The second-order valence-electron chi connectivity index (χ2n) is 6.05. The van der Waals surface area contributed by atoms with E-state index in [4.69, 9.17) is 4.74 Å². The van der Waals surface area contributed by atoms with Gasteiger partial charge in [-0.2, -0.15) is 10.2 Å². The topological polar surface area (TPSA) is 72.8 Å². The average molecular weight is 530 g/mol. The van der Waals surface area contributed by atoms with Crippen LogP contribution in [0.15, 0.2) is 24.5 Å². The maximum atomic E-state index is 12.0. The fraction of sp³-hybridized carbons (Fsp3) is 0.500. The Kier molecular flexibility index (Phi) is 6.84. The summed E-state index contributed by atoms with van der Waals surface area (Å²) in [7, 11) is 0. The highest BCUT2D eigenvalue weighted by Gasteiger charge is 2.35. The monoisotopic (exact) mass is 530 g/mol. The predicted molar refractivity (Wildman–Crippen MR) is 101 cm³/mol. The number of carbonyl (C=O) groups is 1. The summed E-state index contributed by atoms with van der Waals surface area (Å²) < 4.78 is 8.92. The van der Waals surface area contributed by atoms with E-state index in [1.807, 2.05) is 32.9 Å². The Hall–Kier alpha value is -0.650. The van der Waals surface area contributed by atoms with Crippen molar-refractivity contribution in [3.05, 3.63) is 31.9 Å². The number of esters is 1. The van der Waals surface area contributed by atoms with Crippen LogP contribution in [0.25, 0.3) is 0 Å². The van der Waals surface area contributed by atoms with Crippen molar-refractivity contribution in [3.63, 3.8) is 0 Å². The zero-order chi connectivity index (χ0) is 17.0. The zero-order valence-electron chi connectivity index (χ0n) is 13.2. The molecule has 2 heterocycles. The molecule has 0 spiro atoms. The third-order valence-corrected chi connectivity index (χ3v) is 3.67. The van der Waals surface area contributed by atoms with Crippen molar-refractivity contribution in [2.75, 3.05) is 0 Å². The van der Waals surface area contributed by atoms with Crippen LogP contribution in [0, 0.1) is 7.40 Å². The molecule has 0 unspecified atom stereocenters. The van der Waals surface area contributed by atoms with E-state index >= 15 is 0 Å². The Labute approximate surface area is 157 Å². The van der Waals surface area contributed by atoms with Gasteiger partial charge in [0.2, 0.25) is 0 Å². The molecule has 0 saturated heterocycles. The molecule has 0 aliphatic rings. The number of aromatic amines is 1. The van der Waals surface area contributed by atoms with Crippen molar-refractivity contribution in [2.24, 2.45) is 0 Å². The van der Waals surface area contributed by atoms with Gasteiger partial charge >= 0.3 is 5.97 Å². The molecule has 8 heteroatoms. The Morgan fingerprint density at radius 3 is 2.18 bits per heavy atom. The molecule has 0 amide bonds. The highest BCUT2D eigenvalue weighted by molar-refractivity contribution is 14.1. The third kappa shape index (κ3) is 6.23. The summed E-state index contributed by atoms with van der Waals surface area (Å²) >= 11 is 4.27. The summed E-state index contributed by atoms with van der Waals surface area (Å²) in [5.41, 5.74) is -1.26. The van der Waals surface area contributed by atoms with Crippen molar-refractivity contribution in [3.8, 4) is 0 Å². The quantitative estimate of drug-likeness (QED) is 0.477. The number of H-pyrrole nitrogens is 1. The highest BCUT2D eigenvalue weighted by atomic mass is 127. The number of halogens is 2. The van der Waals surface area contributed by atoms with Crippen molar-refractivity contribution in [2.45, 2.75) is 45.8 Å².